The molecule has 2 atom stereocenters. The Bertz CT molecular complexity index is 512. The first kappa shape index (κ1) is 17.9. The third-order valence-corrected chi connectivity index (χ3v) is 6.54. The molecule has 5 nitrogen and oxygen atoms in total. The van der Waals surface area contributed by atoms with E-state index in [1.165, 1.54) is 42.1 Å². The van der Waals surface area contributed by atoms with Crippen LogP contribution in [-0.4, -0.2) is 52.4 Å². The standard InChI is InChI=1S/C17H24FN3O2.ClH/c18-14-6-15(7-19)20(8-14)16(22)9-21(23)17-12-2-10-1-11(4-12)5-13(17)3-10;/h10-15,17,23H,1-6,8-9H2;1H/t10?,11?,12?,13?,14-,15-,17?;/m0./s1. The molecule has 0 unspecified atom stereocenters. The Morgan fingerprint density at radius 2 is 1.75 bits per heavy atom. The van der Waals surface area contributed by atoms with Crippen molar-refractivity contribution in [2.24, 2.45) is 23.7 Å². The molecule has 1 aliphatic heterocycles. The molecule has 5 aliphatic rings. The van der Waals surface area contributed by atoms with E-state index in [0.717, 1.165) is 11.8 Å². The van der Waals surface area contributed by atoms with Crippen molar-refractivity contribution >= 4 is 18.3 Å². The summed E-state index contributed by atoms with van der Waals surface area (Å²) in [6.45, 7) is -0.134. The van der Waals surface area contributed by atoms with Crippen LogP contribution in [0.2, 0.25) is 0 Å². The van der Waals surface area contributed by atoms with Gasteiger partial charge in [-0.2, -0.15) is 10.3 Å². The molecule has 7 heteroatoms. The lowest BCUT2D eigenvalue weighted by atomic mass is 9.54. The number of halogens is 2. The van der Waals surface area contributed by atoms with Gasteiger partial charge in [-0.15, -0.1) is 12.4 Å². The number of hydrogen-bond donors (Lipinski definition) is 1. The monoisotopic (exact) mass is 357 g/mol. The van der Waals surface area contributed by atoms with Crippen molar-refractivity contribution in [1.29, 1.82) is 5.26 Å². The Hall–Kier alpha value is -0.900. The molecule has 0 aromatic rings. The van der Waals surface area contributed by atoms with Crippen LogP contribution in [-0.2, 0) is 4.79 Å². The molecular formula is C17H25ClFN3O2. The molecule has 1 N–H and O–H groups in total. The Morgan fingerprint density at radius 3 is 2.29 bits per heavy atom. The largest absolute Gasteiger partial charge is 0.322 e. The van der Waals surface area contributed by atoms with E-state index >= 15 is 0 Å². The van der Waals surface area contributed by atoms with E-state index in [1.807, 2.05) is 6.07 Å². The van der Waals surface area contributed by atoms with Crippen LogP contribution in [0.4, 0.5) is 4.39 Å². The highest BCUT2D eigenvalue weighted by Gasteiger charge is 2.50. The molecule has 134 valence electrons. The first-order chi connectivity index (χ1) is 11.0. The van der Waals surface area contributed by atoms with Crippen molar-refractivity contribution in [2.75, 3.05) is 13.1 Å². The first-order valence-electron chi connectivity index (χ1n) is 8.83. The fourth-order valence-corrected chi connectivity index (χ4v) is 5.90. The summed E-state index contributed by atoms with van der Waals surface area (Å²) < 4.78 is 13.5. The molecule has 24 heavy (non-hydrogen) atoms. The zero-order valence-corrected chi connectivity index (χ0v) is 14.5. The van der Waals surface area contributed by atoms with Gasteiger partial charge in [-0.05, 0) is 55.8 Å². The molecule has 0 radical (unpaired) electrons. The van der Waals surface area contributed by atoms with Crippen molar-refractivity contribution < 1.29 is 14.4 Å². The molecule has 1 heterocycles. The van der Waals surface area contributed by atoms with E-state index in [1.54, 1.807) is 0 Å². The minimum absolute atomic E-state index is 0. The second-order valence-corrected chi connectivity index (χ2v) is 8.04. The molecule has 4 aliphatic carbocycles. The van der Waals surface area contributed by atoms with Gasteiger partial charge in [0.05, 0.1) is 12.6 Å². The van der Waals surface area contributed by atoms with Crippen LogP contribution in [0.15, 0.2) is 0 Å². The quantitative estimate of drug-likeness (QED) is 0.787. The van der Waals surface area contributed by atoms with Crippen molar-refractivity contribution in [3.63, 3.8) is 0 Å². The molecule has 4 saturated carbocycles. The summed E-state index contributed by atoms with van der Waals surface area (Å²) in [4.78, 5) is 13.7. The van der Waals surface area contributed by atoms with Crippen LogP contribution < -0.4 is 0 Å². The average Bonchev–Trinajstić information content (AvgIpc) is 2.87. The maximum Gasteiger partial charge on any atom is 0.240 e. The van der Waals surface area contributed by atoms with E-state index in [9.17, 15) is 14.4 Å². The minimum atomic E-state index is -1.13. The van der Waals surface area contributed by atoms with Gasteiger partial charge in [0.15, 0.2) is 0 Å². The summed E-state index contributed by atoms with van der Waals surface area (Å²) in [5, 5.41) is 20.8. The molecule has 1 amide bonds. The van der Waals surface area contributed by atoms with Crippen LogP contribution in [0.25, 0.3) is 0 Å². The first-order valence-corrected chi connectivity index (χ1v) is 8.83. The summed E-state index contributed by atoms with van der Waals surface area (Å²) in [6.07, 6.45) is 4.97. The van der Waals surface area contributed by atoms with Crippen molar-refractivity contribution in [3.05, 3.63) is 0 Å². The van der Waals surface area contributed by atoms with Gasteiger partial charge in [-0.1, -0.05) is 0 Å². The topological polar surface area (TPSA) is 67.6 Å². The Morgan fingerprint density at radius 1 is 1.17 bits per heavy atom. The number of alkyl halides is 1. The van der Waals surface area contributed by atoms with Crippen molar-refractivity contribution in [2.45, 2.75) is 56.8 Å². The van der Waals surface area contributed by atoms with Gasteiger partial charge in [0, 0.05) is 12.5 Å². The number of rotatable bonds is 3. The summed E-state index contributed by atoms with van der Waals surface area (Å²) in [5.41, 5.74) is 0. The fourth-order valence-electron chi connectivity index (χ4n) is 5.90. The molecule has 5 fully saturated rings. The van der Waals surface area contributed by atoms with Gasteiger partial charge in [0.25, 0.3) is 0 Å². The highest BCUT2D eigenvalue weighted by Crippen LogP contribution is 2.54. The van der Waals surface area contributed by atoms with Crippen LogP contribution in [0, 0.1) is 35.0 Å². The minimum Gasteiger partial charge on any atom is -0.322 e. The van der Waals surface area contributed by atoms with Gasteiger partial charge in [-0.25, -0.2) is 4.39 Å². The molecule has 0 spiro atoms. The molecule has 0 aromatic carbocycles. The van der Waals surface area contributed by atoms with Crippen LogP contribution >= 0.6 is 12.4 Å². The fraction of sp³-hybridized carbons (Fsp3) is 0.882. The van der Waals surface area contributed by atoms with Gasteiger partial charge in [0.1, 0.15) is 18.8 Å². The number of amides is 1. The Labute approximate surface area is 148 Å². The summed E-state index contributed by atoms with van der Waals surface area (Å²) >= 11 is 0. The number of carbonyl (C=O) groups is 1. The normalized spacial score (nSPS) is 42.9. The average molecular weight is 358 g/mol. The van der Waals surface area contributed by atoms with Gasteiger partial charge >= 0.3 is 0 Å². The van der Waals surface area contributed by atoms with Gasteiger partial charge in [0.2, 0.25) is 5.91 Å². The number of nitriles is 1. The number of hydrogen-bond acceptors (Lipinski definition) is 4. The van der Waals surface area contributed by atoms with Crippen LogP contribution in [0.3, 0.4) is 0 Å². The van der Waals surface area contributed by atoms with Crippen molar-refractivity contribution in [3.8, 4) is 6.07 Å². The van der Waals surface area contributed by atoms with E-state index in [-0.39, 0.29) is 43.9 Å². The lowest BCUT2D eigenvalue weighted by Gasteiger charge is -2.55. The maximum atomic E-state index is 13.5. The van der Waals surface area contributed by atoms with E-state index in [0.29, 0.717) is 11.8 Å². The molecular weight excluding hydrogens is 333 g/mol. The second-order valence-electron chi connectivity index (χ2n) is 8.04. The summed E-state index contributed by atoms with van der Waals surface area (Å²) in [5.74, 6) is 2.28. The third-order valence-electron chi connectivity index (χ3n) is 6.54. The number of carbonyl (C=O) groups excluding carboxylic acids is 1. The van der Waals surface area contributed by atoms with E-state index < -0.39 is 12.2 Å². The smallest absolute Gasteiger partial charge is 0.240 e. The molecule has 5 rings (SSSR count). The van der Waals surface area contributed by atoms with Crippen LogP contribution in [0.5, 0.6) is 0 Å². The predicted octanol–water partition coefficient (Wildman–Crippen LogP) is 2.39. The van der Waals surface area contributed by atoms with Crippen molar-refractivity contribution in [1.82, 2.24) is 9.96 Å². The molecule has 1 saturated heterocycles. The zero-order valence-electron chi connectivity index (χ0n) is 13.7. The van der Waals surface area contributed by atoms with Gasteiger partial charge < -0.3 is 10.1 Å². The lowest BCUT2D eigenvalue weighted by molar-refractivity contribution is -0.200. The highest BCUT2D eigenvalue weighted by molar-refractivity contribution is 5.85. The number of nitrogens with zero attached hydrogens (tertiary/aromatic N) is 3. The van der Waals surface area contributed by atoms with E-state index in [2.05, 4.69) is 0 Å². The predicted molar refractivity (Wildman–Crippen MR) is 87.2 cm³/mol. The zero-order chi connectivity index (χ0) is 16.1. The summed E-state index contributed by atoms with van der Waals surface area (Å²) in [6, 6.07) is 1.37. The Balaban J connectivity index is 0.00000169. The SMILES string of the molecule is Cl.N#C[C@@H]1C[C@H](F)CN1C(=O)CN(O)C1C2CC3CC(C2)CC1C3. The lowest BCUT2D eigenvalue weighted by Crippen LogP contribution is -2.57. The Kier molecular flexibility index (Phi) is 5.06. The number of likely N-dealkylation sites (tertiary alicyclic amines) is 1. The maximum absolute atomic E-state index is 13.5. The second kappa shape index (κ2) is 6.78. The van der Waals surface area contributed by atoms with Crippen LogP contribution in [0.1, 0.15) is 38.5 Å². The highest BCUT2D eigenvalue weighted by atomic mass is 35.5. The van der Waals surface area contributed by atoms with E-state index in [4.69, 9.17) is 5.26 Å². The molecule has 0 aromatic heterocycles. The molecule has 4 bridgehead atoms. The summed E-state index contributed by atoms with van der Waals surface area (Å²) in [7, 11) is 0. The van der Waals surface area contributed by atoms with Gasteiger partial charge in [-0.3, -0.25) is 4.79 Å². The third kappa shape index (κ3) is 3.02. The number of hydroxylamine groups is 2.